The number of aryl methyl sites for hydroxylation is 1. The van der Waals surface area contributed by atoms with Gasteiger partial charge in [-0.2, -0.15) is 5.10 Å². The predicted molar refractivity (Wildman–Crippen MR) is 104 cm³/mol. The van der Waals surface area contributed by atoms with Crippen LogP contribution in [0, 0.1) is 0 Å². The predicted octanol–water partition coefficient (Wildman–Crippen LogP) is 4.18. The molecule has 0 spiro atoms. The van der Waals surface area contributed by atoms with Gasteiger partial charge in [-0.15, -0.1) is 0 Å². The third-order valence-electron chi connectivity index (χ3n) is 5.21. The van der Waals surface area contributed by atoms with Crippen molar-refractivity contribution in [3.05, 3.63) is 65.9 Å². The van der Waals surface area contributed by atoms with E-state index in [-0.39, 0.29) is 0 Å². The van der Waals surface area contributed by atoms with Crippen molar-refractivity contribution in [1.29, 1.82) is 0 Å². The van der Waals surface area contributed by atoms with E-state index >= 15 is 0 Å². The summed E-state index contributed by atoms with van der Waals surface area (Å²) in [5.41, 5.74) is 7.79. The van der Waals surface area contributed by atoms with Gasteiger partial charge in [-0.05, 0) is 60.9 Å². The van der Waals surface area contributed by atoms with Crippen LogP contribution >= 0.6 is 0 Å². The first kappa shape index (κ1) is 15.9. The molecule has 134 valence electrons. The molecule has 0 fully saturated rings. The molecule has 4 aromatic rings. The highest BCUT2D eigenvalue weighted by molar-refractivity contribution is 5.80. The molecule has 5 rings (SSSR count). The van der Waals surface area contributed by atoms with Gasteiger partial charge in [0.05, 0.1) is 31.8 Å². The van der Waals surface area contributed by atoms with Crippen molar-refractivity contribution in [2.24, 2.45) is 0 Å². The number of nitrogens with zero attached hydrogens (tertiary/aromatic N) is 3. The molecule has 0 radical (unpaired) electrons. The highest BCUT2D eigenvalue weighted by Crippen LogP contribution is 2.39. The molecule has 2 heterocycles. The minimum Gasteiger partial charge on any atom is -0.497 e. The molecule has 1 aliphatic carbocycles. The van der Waals surface area contributed by atoms with E-state index < -0.39 is 0 Å². The summed E-state index contributed by atoms with van der Waals surface area (Å²) in [4.78, 5) is 4.93. The average molecular weight is 357 g/mol. The third kappa shape index (κ3) is 2.46. The number of hydrogen-bond donors (Lipinski definition) is 0. The highest BCUT2D eigenvalue weighted by atomic mass is 16.5. The standard InChI is InChI=1S/C22H19N3O2/c1-26-16-6-3-14(4-7-16)22-19-9-5-15-13-17(27-2)8-10-18(15)21(19)24-20-11-12-23-25(20)22/h3-4,6-8,10-13H,5,9H2,1-2H3. The molecule has 0 amide bonds. The van der Waals surface area contributed by atoms with Gasteiger partial charge in [0.2, 0.25) is 0 Å². The van der Waals surface area contributed by atoms with Crippen LogP contribution < -0.4 is 9.47 Å². The van der Waals surface area contributed by atoms with Crippen LogP contribution in [0.2, 0.25) is 0 Å². The molecule has 0 unspecified atom stereocenters. The average Bonchev–Trinajstić information content (AvgIpc) is 3.19. The number of aromatic nitrogens is 3. The minimum absolute atomic E-state index is 0.843. The maximum absolute atomic E-state index is 5.39. The maximum Gasteiger partial charge on any atom is 0.156 e. The van der Waals surface area contributed by atoms with Gasteiger partial charge in [-0.25, -0.2) is 9.50 Å². The minimum atomic E-state index is 0.843. The van der Waals surface area contributed by atoms with E-state index in [1.54, 1.807) is 20.4 Å². The Morgan fingerprint density at radius 1 is 0.889 bits per heavy atom. The number of ether oxygens (including phenoxy) is 2. The van der Waals surface area contributed by atoms with E-state index in [1.807, 2.05) is 28.8 Å². The Hall–Kier alpha value is -3.34. The molecule has 5 heteroatoms. The Morgan fingerprint density at radius 2 is 1.67 bits per heavy atom. The number of benzene rings is 2. The fourth-order valence-corrected chi connectivity index (χ4v) is 3.87. The zero-order chi connectivity index (χ0) is 18.4. The first-order chi connectivity index (χ1) is 13.3. The maximum atomic E-state index is 5.39. The molecule has 2 aromatic carbocycles. The van der Waals surface area contributed by atoms with E-state index in [0.717, 1.165) is 46.9 Å². The zero-order valence-electron chi connectivity index (χ0n) is 15.3. The summed E-state index contributed by atoms with van der Waals surface area (Å²) in [6.07, 6.45) is 3.67. The molecule has 0 saturated carbocycles. The zero-order valence-corrected chi connectivity index (χ0v) is 15.3. The molecule has 5 nitrogen and oxygen atoms in total. The lowest BCUT2D eigenvalue weighted by Gasteiger charge is -2.23. The second kappa shape index (κ2) is 6.13. The van der Waals surface area contributed by atoms with Gasteiger partial charge in [-0.1, -0.05) is 0 Å². The summed E-state index contributed by atoms with van der Waals surface area (Å²) in [7, 11) is 3.38. The quantitative estimate of drug-likeness (QED) is 0.552. The van der Waals surface area contributed by atoms with Crippen LogP contribution in [-0.4, -0.2) is 28.8 Å². The fourth-order valence-electron chi connectivity index (χ4n) is 3.87. The lowest BCUT2D eigenvalue weighted by molar-refractivity contribution is 0.414. The molecule has 2 aromatic heterocycles. The van der Waals surface area contributed by atoms with E-state index in [1.165, 1.54) is 16.7 Å². The Balaban J connectivity index is 1.78. The molecule has 0 saturated heterocycles. The second-order valence-electron chi connectivity index (χ2n) is 6.64. The van der Waals surface area contributed by atoms with Crippen LogP contribution in [0.4, 0.5) is 0 Å². The van der Waals surface area contributed by atoms with Gasteiger partial charge in [0.25, 0.3) is 0 Å². The van der Waals surface area contributed by atoms with Crippen LogP contribution in [0.15, 0.2) is 54.7 Å². The van der Waals surface area contributed by atoms with Crippen LogP contribution in [0.5, 0.6) is 11.5 Å². The van der Waals surface area contributed by atoms with Crippen molar-refractivity contribution in [3.8, 4) is 34.0 Å². The first-order valence-corrected chi connectivity index (χ1v) is 8.97. The van der Waals surface area contributed by atoms with Crippen molar-refractivity contribution in [1.82, 2.24) is 14.6 Å². The summed E-state index contributed by atoms with van der Waals surface area (Å²) >= 11 is 0. The molecule has 0 aliphatic heterocycles. The van der Waals surface area contributed by atoms with Gasteiger partial charge < -0.3 is 9.47 Å². The SMILES string of the molecule is COc1ccc(-c2c3c(nc4ccnn24)-c2ccc(OC)cc2CC3)cc1. The van der Waals surface area contributed by atoms with Crippen molar-refractivity contribution in [2.75, 3.05) is 14.2 Å². The van der Waals surface area contributed by atoms with Gasteiger partial charge in [0, 0.05) is 22.8 Å². The monoisotopic (exact) mass is 357 g/mol. The summed E-state index contributed by atoms with van der Waals surface area (Å²) in [5.74, 6) is 1.73. The summed E-state index contributed by atoms with van der Waals surface area (Å²) in [5, 5.41) is 4.53. The summed E-state index contributed by atoms with van der Waals surface area (Å²) < 4.78 is 12.6. The van der Waals surface area contributed by atoms with Crippen molar-refractivity contribution in [3.63, 3.8) is 0 Å². The lowest BCUT2D eigenvalue weighted by atomic mass is 9.86. The largest absolute Gasteiger partial charge is 0.497 e. The number of hydrogen-bond acceptors (Lipinski definition) is 4. The Kier molecular flexibility index (Phi) is 3.60. The molecular weight excluding hydrogens is 338 g/mol. The van der Waals surface area contributed by atoms with Gasteiger partial charge in [0.1, 0.15) is 11.5 Å². The molecule has 1 aliphatic rings. The van der Waals surface area contributed by atoms with E-state index in [0.29, 0.717) is 0 Å². The smallest absolute Gasteiger partial charge is 0.156 e. The lowest BCUT2D eigenvalue weighted by Crippen LogP contribution is -2.11. The first-order valence-electron chi connectivity index (χ1n) is 8.97. The second-order valence-corrected chi connectivity index (χ2v) is 6.64. The van der Waals surface area contributed by atoms with Gasteiger partial charge in [-0.3, -0.25) is 0 Å². The molecular formula is C22H19N3O2. The Morgan fingerprint density at radius 3 is 2.44 bits per heavy atom. The van der Waals surface area contributed by atoms with Gasteiger partial charge in [0.15, 0.2) is 5.65 Å². The van der Waals surface area contributed by atoms with Crippen LogP contribution in [0.3, 0.4) is 0 Å². The normalized spacial score (nSPS) is 12.5. The highest BCUT2D eigenvalue weighted by Gasteiger charge is 2.24. The van der Waals surface area contributed by atoms with E-state index in [4.69, 9.17) is 14.5 Å². The Bertz CT molecular complexity index is 1150. The van der Waals surface area contributed by atoms with E-state index in [9.17, 15) is 0 Å². The van der Waals surface area contributed by atoms with Crippen molar-refractivity contribution >= 4 is 5.65 Å². The summed E-state index contributed by atoms with van der Waals surface area (Å²) in [6, 6.07) is 16.3. The molecule has 0 N–H and O–H groups in total. The van der Waals surface area contributed by atoms with Crippen LogP contribution in [0.25, 0.3) is 28.2 Å². The van der Waals surface area contributed by atoms with Gasteiger partial charge >= 0.3 is 0 Å². The molecule has 27 heavy (non-hydrogen) atoms. The van der Waals surface area contributed by atoms with Crippen LogP contribution in [0.1, 0.15) is 11.1 Å². The number of methoxy groups -OCH3 is 2. The number of fused-ring (bicyclic) bond motifs is 4. The number of rotatable bonds is 3. The topological polar surface area (TPSA) is 48.7 Å². The third-order valence-corrected chi connectivity index (χ3v) is 5.21. The van der Waals surface area contributed by atoms with E-state index in [2.05, 4.69) is 29.4 Å². The molecule has 0 bridgehead atoms. The summed E-state index contributed by atoms with van der Waals surface area (Å²) in [6.45, 7) is 0. The van der Waals surface area contributed by atoms with Crippen LogP contribution in [-0.2, 0) is 12.8 Å². The Labute approximate surface area is 157 Å². The fraction of sp³-hybridized carbons (Fsp3) is 0.182. The van der Waals surface area contributed by atoms with Crippen molar-refractivity contribution in [2.45, 2.75) is 12.8 Å². The van der Waals surface area contributed by atoms with Crippen molar-refractivity contribution < 1.29 is 9.47 Å². The molecule has 0 atom stereocenters.